The van der Waals surface area contributed by atoms with Gasteiger partial charge >= 0.3 is 5.97 Å². The van der Waals surface area contributed by atoms with Gasteiger partial charge in [-0.15, -0.1) is 0 Å². The first-order valence-electron chi connectivity index (χ1n) is 9.65. The fourth-order valence-electron chi connectivity index (χ4n) is 3.18. The first-order valence-corrected chi connectivity index (χ1v) is 9.65. The number of hydrogen-bond donors (Lipinski definition) is 1. The highest BCUT2D eigenvalue weighted by atomic mass is 16.5. The summed E-state index contributed by atoms with van der Waals surface area (Å²) in [7, 11) is 0. The Bertz CT molecular complexity index is 1100. The summed E-state index contributed by atoms with van der Waals surface area (Å²) in [6, 6.07) is 9.34. The minimum Gasteiger partial charge on any atom is -0.456 e. The van der Waals surface area contributed by atoms with Crippen molar-refractivity contribution in [3.05, 3.63) is 52.7 Å². The second-order valence-electron chi connectivity index (χ2n) is 6.80. The Balaban J connectivity index is 1.39. The normalized spacial score (nSPS) is 14.1. The maximum absolute atomic E-state index is 12.4. The third-order valence-electron chi connectivity index (χ3n) is 4.77. The van der Waals surface area contributed by atoms with E-state index in [-0.39, 0.29) is 30.9 Å². The van der Waals surface area contributed by atoms with Crippen molar-refractivity contribution in [2.75, 3.05) is 32.9 Å². The Labute approximate surface area is 171 Å². The van der Waals surface area contributed by atoms with E-state index in [9.17, 15) is 14.4 Å². The zero-order chi connectivity index (χ0) is 20.9. The summed E-state index contributed by atoms with van der Waals surface area (Å²) in [5.41, 5.74) is 0.862. The number of nitrogens with one attached hydrogen (secondary N) is 1. The van der Waals surface area contributed by atoms with Gasteiger partial charge in [0.2, 0.25) is 0 Å². The van der Waals surface area contributed by atoms with Crippen LogP contribution in [0, 0.1) is 0 Å². The van der Waals surface area contributed by atoms with Crippen molar-refractivity contribution in [2.24, 2.45) is 0 Å². The van der Waals surface area contributed by atoms with Crippen LogP contribution in [0.3, 0.4) is 0 Å². The number of ether oxygens (including phenoxy) is 2. The number of hydrogen-bond acceptors (Lipinski definition) is 7. The number of fused-ring (bicyclic) bond motifs is 1. The van der Waals surface area contributed by atoms with Gasteiger partial charge in [-0.3, -0.25) is 14.4 Å². The van der Waals surface area contributed by atoms with Crippen LogP contribution in [0.4, 0.5) is 0 Å². The predicted octanol–water partition coefficient (Wildman–Crippen LogP) is 0.443. The Hall–Kier alpha value is -3.53. The van der Waals surface area contributed by atoms with E-state index in [1.807, 2.05) is 30.3 Å². The van der Waals surface area contributed by atoms with Crippen LogP contribution in [-0.2, 0) is 25.5 Å². The summed E-state index contributed by atoms with van der Waals surface area (Å²) >= 11 is 0. The van der Waals surface area contributed by atoms with Gasteiger partial charge < -0.3 is 19.4 Å². The molecule has 0 atom stereocenters. The van der Waals surface area contributed by atoms with Crippen LogP contribution in [0.5, 0.6) is 0 Å². The Morgan fingerprint density at radius 2 is 1.93 bits per heavy atom. The van der Waals surface area contributed by atoms with Crippen LogP contribution in [0.2, 0.25) is 0 Å². The molecular formula is C20H21N5O5. The molecule has 0 aliphatic carbocycles. The first-order chi connectivity index (χ1) is 14.6. The number of aromatic amines is 1. The molecule has 0 saturated carbocycles. The van der Waals surface area contributed by atoms with E-state index >= 15 is 0 Å². The maximum Gasteiger partial charge on any atom is 0.306 e. The molecule has 1 aliphatic rings. The lowest BCUT2D eigenvalue weighted by Gasteiger charge is -2.26. The molecule has 10 heteroatoms. The van der Waals surface area contributed by atoms with E-state index in [0.29, 0.717) is 43.2 Å². The summed E-state index contributed by atoms with van der Waals surface area (Å²) in [5, 5.41) is 4.61. The number of nitrogens with zero attached hydrogens (tertiary/aromatic N) is 4. The number of para-hydroxylation sites is 1. The molecule has 1 N–H and O–H groups in total. The molecular weight excluding hydrogens is 390 g/mol. The average Bonchev–Trinajstić information content (AvgIpc) is 3.22. The van der Waals surface area contributed by atoms with Crippen molar-refractivity contribution in [1.29, 1.82) is 0 Å². The summed E-state index contributed by atoms with van der Waals surface area (Å²) in [4.78, 5) is 45.2. The van der Waals surface area contributed by atoms with Crippen molar-refractivity contribution in [3.63, 3.8) is 0 Å². The Morgan fingerprint density at radius 3 is 2.70 bits per heavy atom. The average molecular weight is 411 g/mol. The van der Waals surface area contributed by atoms with Crippen LogP contribution in [0.1, 0.15) is 12.2 Å². The number of carbonyl (C=O) groups excluding carboxylic acids is 2. The van der Waals surface area contributed by atoms with Crippen LogP contribution in [0.25, 0.3) is 16.7 Å². The van der Waals surface area contributed by atoms with Crippen molar-refractivity contribution < 1.29 is 19.1 Å². The van der Waals surface area contributed by atoms with Crippen molar-refractivity contribution >= 4 is 22.9 Å². The molecule has 1 saturated heterocycles. The quantitative estimate of drug-likeness (QED) is 0.585. The molecule has 0 unspecified atom stereocenters. The summed E-state index contributed by atoms with van der Waals surface area (Å²) in [6.45, 7) is 1.66. The van der Waals surface area contributed by atoms with Crippen molar-refractivity contribution in [2.45, 2.75) is 12.8 Å². The molecule has 1 aliphatic heterocycles. The highest BCUT2D eigenvalue weighted by Crippen LogP contribution is 2.13. The molecule has 0 radical (unpaired) electrons. The number of rotatable bonds is 6. The minimum atomic E-state index is -0.532. The van der Waals surface area contributed by atoms with E-state index in [1.165, 1.54) is 6.20 Å². The smallest absolute Gasteiger partial charge is 0.306 e. The van der Waals surface area contributed by atoms with Crippen LogP contribution >= 0.6 is 0 Å². The van der Waals surface area contributed by atoms with Crippen molar-refractivity contribution in [1.82, 2.24) is 24.6 Å². The van der Waals surface area contributed by atoms with E-state index in [1.54, 1.807) is 9.58 Å². The molecule has 4 rings (SSSR count). The van der Waals surface area contributed by atoms with Gasteiger partial charge in [0.05, 0.1) is 31.5 Å². The van der Waals surface area contributed by atoms with Gasteiger partial charge in [0, 0.05) is 19.5 Å². The van der Waals surface area contributed by atoms with Gasteiger partial charge in [-0.25, -0.2) is 9.67 Å². The van der Waals surface area contributed by atoms with Crippen LogP contribution in [-0.4, -0.2) is 69.4 Å². The first kappa shape index (κ1) is 19.8. The number of morpholine rings is 1. The highest BCUT2D eigenvalue weighted by Gasteiger charge is 2.18. The highest BCUT2D eigenvalue weighted by molar-refractivity contribution is 5.80. The van der Waals surface area contributed by atoms with Gasteiger partial charge in [0.1, 0.15) is 11.2 Å². The van der Waals surface area contributed by atoms with Gasteiger partial charge in [0.15, 0.2) is 12.3 Å². The third kappa shape index (κ3) is 4.38. The maximum atomic E-state index is 12.4. The Morgan fingerprint density at radius 1 is 1.17 bits per heavy atom. The molecule has 0 bridgehead atoms. The van der Waals surface area contributed by atoms with E-state index in [4.69, 9.17) is 9.47 Å². The van der Waals surface area contributed by atoms with Crippen LogP contribution < -0.4 is 5.56 Å². The standard InChI is InChI=1S/C20H21N5O5/c26-17(24-8-10-29-11-9-24)13-30-18(27)7-6-16-22-19-15(20(28)23-16)12-21-25(19)14-4-2-1-3-5-14/h1-5,12H,6-11,13H2,(H,22,23,28). The topological polar surface area (TPSA) is 119 Å². The lowest BCUT2D eigenvalue weighted by Crippen LogP contribution is -2.42. The number of esters is 1. The van der Waals surface area contributed by atoms with Gasteiger partial charge in [-0.05, 0) is 12.1 Å². The minimum absolute atomic E-state index is 0.00961. The van der Waals surface area contributed by atoms with Gasteiger partial charge in [0.25, 0.3) is 11.5 Å². The molecule has 156 valence electrons. The van der Waals surface area contributed by atoms with E-state index in [0.717, 1.165) is 5.69 Å². The lowest BCUT2D eigenvalue weighted by molar-refractivity contribution is -0.153. The molecule has 3 aromatic rings. The molecule has 2 aromatic heterocycles. The van der Waals surface area contributed by atoms with Crippen molar-refractivity contribution in [3.8, 4) is 5.69 Å². The second-order valence-corrected chi connectivity index (χ2v) is 6.80. The fourth-order valence-corrected chi connectivity index (χ4v) is 3.18. The Kier molecular flexibility index (Phi) is 5.84. The summed E-state index contributed by atoms with van der Waals surface area (Å²) < 4.78 is 11.8. The van der Waals surface area contributed by atoms with Gasteiger partial charge in [-0.2, -0.15) is 5.10 Å². The molecule has 10 nitrogen and oxygen atoms in total. The summed E-state index contributed by atoms with van der Waals surface area (Å²) in [6.07, 6.45) is 1.63. The number of carbonyl (C=O) groups is 2. The zero-order valence-corrected chi connectivity index (χ0v) is 16.2. The van der Waals surface area contributed by atoms with E-state index < -0.39 is 5.97 Å². The second kappa shape index (κ2) is 8.87. The molecule has 30 heavy (non-hydrogen) atoms. The zero-order valence-electron chi connectivity index (χ0n) is 16.2. The largest absolute Gasteiger partial charge is 0.456 e. The molecule has 3 heterocycles. The van der Waals surface area contributed by atoms with Gasteiger partial charge in [-0.1, -0.05) is 18.2 Å². The summed E-state index contributed by atoms with van der Waals surface area (Å²) in [5.74, 6) is -0.427. The number of amides is 1. The van der Waals surface area contributed by atoms with E-state index in [2.05, 4.69) is 15.1 Å². The third-order valence-corrected chi connectivity index (χ3v) is 4.77. The molecule has 0 spiro atoms. The lowest BCUT2D eigenvalue weighted by atomic mass is 10.3. The number of benzene rings is 1. The molecule has 1 aromatic carbocycles. The molecule has 1 amide bonds. The van der Waals surface area contributed by atoms with Crippen LogP contribution in [0.15, 0.2) is 41.3 Å². The molecule has 1 fully saturated rings. The monoisotopic (exact) mass is 411 g/mol. The number of aryl methyl sites for hydroxylation is 1. The number of aromatic nitrogens is 4. The number of H-pyrrole nitrogens is 1. The predicted molar refractivity (Wildman–Crippen MR) is 106 cm³/mol. The fraction of sp³-hybridized carbons (Fsp3) is 0.350. The SMILES string of the molecule is O=C(CCc1nc2c(cnn2-c2ccccc2)c(=O)[nH]1)OCC(=O)N1CCOCC1.